The van der Waals surface area contributed by atoms with Gasteiger partial charge in [0.2, 0.25) is 0 Å². The highest BCUT2D eigenvalue weighted by Gasteiger charge is 2.40. The monoisotopic (exact) mass is 287 g/mol. The normalized spacial score (nSPS) is 26.1. The van der Waals surface area contributed by atoms with Gasteiger partial charge in [-0.05, 0) is 51.0 Å². The van der Waals surface area contributed by atoms with Crippen LogP contribution in [0, 0.1) is 6.92 Å². The van der Waals surface area contributed by atoms with Crippen molar-refractivity contribution in [2.45, 2.75) is 82.5 Å². The third-order valence-electron chi connectivity index (χ3n) is 5.25. The fourth-order valence-corrected chi connectivity index (χ4v) is 4.19. The number of hydrogen-bond acceptors (Lipinski definition) is 2. The van der Waals surface area contributed by atoms with Gasteiger partial charge in [0.05, 0.1) is 11.7 Å². The molecule has 0 radical (unpaired) electrons. The standard InChI is InChI=1S/C19H29NO/c1-15-6-5-7-16(12-15)13-17(20)14-18-8-11-19(21-18)9-3-2-4-10-19/h5-7,12,17-18H,2-4,8-11,13-14,20H2,1H3. The van der Waals surface area contributed by atoms with Gasteiger partial charge >= 0.3 is 0 Å². The summed E-state index contributed by atoms with van der Waals surface area (Å²) < 4.78 is 6.44. The molecule has 0 aromatic heterocycles. The van der Waals surface area contributed by atoms with Crippen LogP contribution in [0.2, 0.25) is 0 Å². The first kappa shape index (κ1) is 15.1. The zero-order valence-corrected chi connectivity index (χ0v) is 13.3. The molecule has 2 nitrogen and oxygen atoms in total. The average Bonchev–Trinajstić information content (AvgIpc) is 2.82. The summed E-state index contributed by atoms with van der Waals surface area (Å²) in [4.78, 5) is 0. The van der Waals surface area contributed by atoms with E-state index in [2.05, 4.69) is 31.2 Å². The van der Waals surface area contributed by atoms with Crippen LogP contribution in [0.15, 0.2) is 24.3 Å². The third-order valence-corrected chi connectivity index (χ3v) is 5.25. The van der Waals surface area contributed by atoms with Crippen LogP contribution in [0.1, 0.15) is 62.5 Å². The molecule has 2 heteroatoms. The molecule has 1 saturated heterocycles. The lowest BCUT2D eigenvalue weighted by Gasteiger charge is -2.33. The molecule has 21 heavy (non-hydrogen) atoms. The number of hydrogen-bond donors (Lipinski definition) is 1. The fraction of sp³-hybridized carbons (Fsp3) is 0.684. The SMILES string of the molecule is Cc1cccc(CC(N)CC2CCC3(CCCCC3)O2)c1. The second-order valence-corrected chi connectivity index (χ2v) is 7.21. The molecule has 1 saturated carbocycles. The highest BCUT2D eigenvalue weighted by molar-refractivity contribution is 5.22. The number of rotatable bonds is 4. The Balaban J connectivity index is 1.50. The van der Waals surface area contributed by atoms with Crippen LogP contribution < -0.4 is 5.73 Å². The molecule has 1 aromatic rings. The average molecular weight is 287 g/mol. The minimum Gasteiger partial charge on any atom is -0.372 e. The Bertz CT molecular complexity index is 464. The van der Waals surface area contributed by atoms with E-state index in [0.717, 1.165) is 12.8 Å². The van der Waals surface area contributed by atoms with Crippen molar-refractivity contribution in [2.75, 3.05) is 0 Å². The summed E-state index contributed by atoms with van der Waals surface area (Å²) in [6.45, 7) is 2.14. The minimum absolute atomic E-state index is 0.218. The molecule has 1 aliphatic heterocycles. The summed E-state index contributed by atoms with van der Waals surface area (Å²) in [6.07, 6.45) is 11.5. The maximum absolute atomic E-state index is 6.44. The molecule has 1 aliphatic carbocycles. The van der Waals surface area contributed by atoms with E-state index in [4.69, 9.17) is 10.5 Å². The summed E-state index contributed by atoms with van der Waals surface area (Å²) in [5.41, 5.74) is 9.27. The Labute approximate surface area is 129 Å². The van der Waals surface area contributed by atoms with E-state index in [9.17, 15) is 0 Å². The molecule has 2 fully saturated rings. The number of ether oxygens (including phenoxy) is 1. The van der Waals surface area contributed by atoms with Crippen molar-refractivity contribution < 1.29 is 4.74 Å². The molecule has 116 valence electrons. The van der Waals surface area contributed by atoms with E-state index >= 15 is 0 Å². The first-order valence-electron chi connectivity index (χ1n) is 8.64. The molecule has 0 amide bonds. The molecule has 1 heterocycles. The predicted molar refractivity (Wildman–Crippen MR) is 87.4 cm³/mol. The van der Waals surface area contributed by atoms with Gasteiger partial charge < -0.3 is 10.5 Å². The van der Waals surface area contributed by atoms with Crippen molar-refractivity contribution in [3.05, 3.63) is 35.4 Å². The number of aryl methyl sites for hydroxylation is 1. The lowest BCUT2D eigenvalue weighted by atomic mass is 9.83. The number of benzene rings is 1. The molecular weight excluding hydrogens is 258 g/mol. The third kappa shape index (κ3) is 3.87. The minimum atomic E-state index is 0.218. The summed E-state index contributed by atoms with van der Waals surface area (Å²) in [6, 6.07) is 8.92. The van der Waals surface area contributed by atoms with Gasteiger partial charge in [-0.25, -0.2) is 0 Å². The maximum Gasteiger partial charge on any atom is 0.0687 e. The Morgan fingerprint density at radius 1 is 1.24 bits per heavy atom. The van der Waals surface area contributed by atoms with Gasteiger partial charge in [-0.1, -0.05) is 49.1 Å². The second-order valence-electron chi connectivity index (χ2n) is 7.21. The predicted octanol–water partition coefficient (Wildman–Crippen LogP) is 4.14. The Morgan fingerprint density at radius 2 is 2.05 bits per heavy atom. The molecule has 2 N–H and O–H groups in total. The van der Waals surface area contributed by atoms with Crippen molar-refractivity contribution in [3.63, 3.8) is 0 Å². The quantitative estimate of drug-likeness (QED) is 0.903. The first-order valence-corrected chi connectivity index (χ1v) is 8.64. The van der Waals surface area contributed by atoms with Crippen molar-refractivity contribution in [1.82, 2.24) is 0 Å². The molecule has 2 atom stereocenters. The second kappa shape index (κ2) is 6.50. The smallest absolute Gasteiger partial charge is 0.0687 e. The van der Waals surface area contributed by atoms with E-state index in [1.165, 1.54) is 56.1 Å². The highest BCUT2D eigenvalue weighted by Crippen LogP contribution is 2.42. The Hall–Kier alpha value is -0.860. The Morgan fingerprint density at radius 3 is 2.81 bits per heavy atom. The van der Waals surface area contributed by atoms with E-state index in [0.29, 0.717) is 6.10 Å². The fourth-order valence-electron chi connectivity index (χ4n) is 4.19. The van der Waals surface area contributed by atoms with Crippen LogP contribution in [-0.4, -0.2) is 17.7 Å². The zero-order valence-electron chi connectivity index (χ0n) is 13.3. The lowest BCUT2D eigenvalue weighted by Crippen LogP contribution is -2.34. The van der Waals surface area contributed by atoms with Crippen molar-refractivity contribution in [2.24, 2.45) is 5.73 Å². The van der Waals surface area contributed by atoms with Gasteiger partial charge in [0.15, 0.2) is 0 Å². The van der Waals surface area contributed by atoms with E-state index in [1.807, 2.05) is 0 Å². The van der Waals surface area contributed by atoms with Gasteiger partial charge in [0.25, 0.3) is 0 Å². The summed E-state index contributed by atoms with van der Waals surface area (Å²) in [7, 11) is 0. The molecule has 2 unspecified atom stereocenters. The van der Waals surface area contributed by atoms with Crippen LogP contribution in [0.3, 0.4) is 0 Å². The summed E-state index contributed by atoms with van der Waals surface area (Å²) in [5, 5.41) is 0. The first-order chi connectivity index (χ1) is 10.2. The van der Waals surface area contributed by atoms with Gasteiger partial charge in [-0.3, -0.25) is 0 Å². The van der Waals surface area contributed by atoms with Crippen LogP contribution in [-0.2, 0) is 11.2 Å². The molecule has 2 aliphatic rings. The van der Waals surface area contributed by atoms with Crippen LogP contribution in [0.4, 0.5) is 0 Å². The Kier molecular flexibility index (Phi) is 4.66. The summed E-state index contributed by atoms with van der Waals surface area (Å²) >= 11 is 0. The largest absolute Gasteiger partial charge is 0.372 e. The van der Waals surface area contributed by atoms with Crippen LogP contribution in [0.25, 0.3) is 0 Å². The van der Waals surface area contributed by atoms with Gasteiger partial charge in [0.1, 0.15) is 0 Å². The van der Waals surface area contributed by atoms with Crippen molar-refractivity contribution in [1.29, 1.82) is 0 Å². The van der Waals surface area contributed by atoms with E-state index in [-0.39, 0.29) is 11.6 Å². The molecule has 1 spiro atoms. The van der Waals surface area contributed by atoms with Gasteiger partial charge in [-0.15, -0.1) is 0 Å². The van der Waals surface area contributed by atoms with E-state index < -0.39 is 0 Å². The molecule has 3 rings (SSSR count). The number of nitrogens with two attached hydrogens (primary N) is 1. The topological polar surface area (TPSA) is 35.2 Å². The highest BCUT2D eigenvalue weighted by atomic mass is 16.5. The molecular formula is C19H29NO. The van der Waals surface area contributed by atoms with Crippen LogP contribution >= 0.6 is 0 Å². The van der Waals surface area contributed by atoms with Crippen molar-refractivity contribution >= 4 is 0 Å². The zero-order chi connectivity index (χ0) is 14.7. The van der Waals surface area contributed by atoms with Gasteiger partial charge in [0, 0.05) is 6.04 Å². The summed E-state index contributed by atoms with van der Waals surface area (Å²) in [5.74, 6) is 0. The maximum atomic E-state index is 6.44. The van der Waals surface area contributed by atoms with Gasteiger partial charge in [-0.2, -0.15) is 0 Å². The molecule has 1 aromatic carbocycles. The van der Waals surface area contributed by atoms with Crippen LogP contribution in [0.5, 0.6) is 0 Å². The van der Waals surface area contributed by atoms with Crippen molar-refractivity contribution in [3.8, 4) is 0 Å². The molecule has 0 bridgehead atoms. The lowest BCUT2D eigenvalue weighted by molar-refractivity contribution is -0.0670. The van der Waals surface area contributed by atoms with E-state index in [1.54, 1.807) is 0 Å².